The summed E-state index contributed by atoms with van der Waals surface area (Å²) in [4.78, 5) is 26.9. The minimum atomic E-state index is -0.643. The Morgan fingerprint density at radius 1 is 0.827 bits per heavy atom. The molecular formula is C42H52N4O6. The second-order valence-electron chi connectivity index (χ2n) is 13.6. The van der Waals surface area contributed by atoms with Crippen LogP contribution in [-0.4, -0.2) is 52.7 Å². The van der Waals surface area contributed by atoms with Gasteiger partial charge in [-0.3, -0.25) is 14.5 Å². The molecule has 4 aromatic carbocycles. The Balaban J connectivity index is 1.11. The van der Waals surface area contributed by atoms with E-state index >= 15 is 0 Å². The molecule has 1 aliphatic heterocycles. The van der Waals surface area contributed by atoms with Crippen molar-refractivity contribution in [2.45, 2.75) is 89.2 Å². The highest BCUT2D eigenvalue weighted by atomic mass is 16.7. The smallest absolute Gasteiger partial charge is 0.224 e. The average molecular weight is 709 g/mol. The standard InChI is InChI=1S/C42H52N4O6/c1-29(41(50)33-11-5-3-6-12-33)46(2)27-35-25-38(32-21-19-31(28-47)20-22-32)52-42(51-35)34-23-17-30(18-24-34)26-44-39(48)15-7-4-8-16-40(49)45-37-14-10-9-13-36(37)43/h3,5-6,9-14,17-24,29,35,38,41-42,47,50H,4,7-8,15-16,25-28,43H2,1-2H3,(H,44,48)(H,45,49)/t29-,35+,38-,41-,42-/m0/s1. The van der Waals surface area contributed by atoms with Crippen LogP contribution in [0.2, 0.25) is 0 Å². The molecule has 0 aliphatic carbocycles. The lowest BCUT2D eigenvalue weighted by Crippen LogP contribution is -2.43. The van der Waals surface area contributed by atoms with Crippen molar-refractivity contribution in [3.8, 4) is 0 Å². The summed E-state index contributed by atoms with van der Waals surface area (Å²) < 4.78 is 13.1. The Morgan fingerprint density at radius 3 is 2.15 bits per heavy atom. The number of nitrogens with two attached hydrogens (primary N) is 1. The second kappa shape index (κ2) is 19.3. The molecule has 0 unspecified atom stereocenters. The number of para-hydroxylation sites is 2. The van der Waals surface area contributed by atoms with E-state index in [-0.39, 0.29) is 36.7 Å². The Kier molecular flexibility index (Phi) is 14.4. The van der Waals surface area contributed by atoms with Gasteiger partial charge < -0.3 is 36.1 Å². The zero-order valence-electron chi connectivity index (χ0n) is 30.1. The molecule has 1 heterocycles. The third-order valence-corrected chi connectivity index (χ3v) is 9.68. The van der Waals surface area contributed by atoms with E-state index in [1.54, 1.807) is 12.1 Å². The normalized spacial score (nSPS) is 18.4. The number of hydrogen-bond donors (Lipinski definition) is 5. The molecule has 5 rings (SSSR count). The highest BCUT2D eigenvalue weighted by Crippen LogP contribution is 2.38. The summed E-state index contributed by atoms with van der Waals surface area (Å²) in [5.74, 6) is -0.114. The number of nitrogens with one attached hydrogen (secondary N) is 2. The van der Waals surface area contributed by atoms with E-state index in [9.17, 15) is 19.8 Å². The quantitative estimate of drug-likeness (QED) is 0.0612. The number of hydrogen-bond acceptors (Lipinski definition) is 8. The zero-order chi connectivity index (χ0) is 36.9. The predicted molar refractivity (Wildman–Crippen MR) is 203 cm³/mol. The highest BCUT2D eigenvalue weighted by molar-refractivity contribution is 5.93. The first-order valence-corrected chi connectivity index (χ1v) is 18.1. The number of unbranched alkanes of at least 4 members (excludes halogenated alkanes) is 2. The number of ether oxygens (including phenoxy) is 2. The summed E-state index contributed by atoms with van der Waals surface area (Å²) in [6, 6.07) is 32.4. The summed E-state index contributed by atoms with van der Waals surface area (Å²) >= 11 is 0. The Hall–Kier alpha value is -4.58. The van der Waals surface area contributed by atoms with Gasteiger partial charge in [0.25, 0.3) is 0 Å². The first kappa shape index (κ1) is 38.6. The predicted octanol–water partition coefficient (Wildman–Crippen LogP) is 6.57. The number of carbonyl (C=O) groups excluding carboxylic acids is 2. The molecule has 6 N–H and O–H groups in total. The van der Waals surface area contributed by atoms with E-state index in [1.807, 2.05) is 105 Å². The molecule has 1 saturated heterocycles. The van der Waals surface area contributed by atoms with Gasteiger partial charge in [-0.1, -0.05) is 97.4 Å². The highest BCUT2D eigenvalue weighted by Gasteiger charge is 2.34. The summed E-state index contributed by atoms with van der Waals surface area (Å²) in [6.45, 7) is 2.99. The van der Waals surface area contributed by atoms with Crippen molar-refractivity contribution in [2.75, 3.05) is 24.6 Å². The molecule has 5 atom stereocenters. The maximum absolute atomic E-state index is 12.5. The van der Waals surface area contributed by atoms with Gasteiger partial charge in [0.2, 0.25) is 11.8 Å². The van der Waals surface area contributed by atoms with Crippen LogP contribution in [0.15, 0.2) is 103 Å². The molecule has 52 heavy (non-hydrogen) atoms. The van der Waals surface area contributed by atoms with Gasteiger partial charge in [0.15, 0.2) is 6.29 Å². The van der Waals surface area contributed by atoms with Gasteiger partial charge in [-0.15, -0.1) is 0 Å². The number of benzene rings is 4. The summed E-state index contributed by atoms with van der Waals surface area (Å²) in [7, 11) is 2.00. The van der Waals surface area contributed by atoms with Crippen LogP contribution in [0.3, 0.4) is 0 Å². The maximum Gasteiger partial charge on any atom is 0.224 e. The molecule has 0 radical (unpaired) electrons. The van der Waals surface area contributed by atoms with Crippen LogP contribution < -0.4 is 16.4 Å². The Labute approximate surface area is 307 Å². The van der Waals surface area contributed by atoms with Crippen LogP contribution in [0.25, 0.3) is 0 Å². The average Bonchev–Trinajstić information content (AvgIpc) is 3.17. The van der Waals surface area contributed by atoms with Crippen molar-refractivity contribution in [1.82, 2.24) is 10.2 Å². The molecule has 1 aliphatic rings. The molecule has 0 bridgehead atoms. The van der Waals surface area contributed by atoms with Crippen LogP contribution in [-0.2, 0) is 32.2 Å². The maximum atomic E-state index is 12.5. The monoisotopic (exact) mass is 708 g/mol. The van der Waals surface area contributed by atoms with E-state index in [2.05, 4.69) is 15.5 Å². The van der Waals surface area contributed by atoms with Crippen LogP contribution in [0, 0.1) is 0 Å². The van der Waals surface area contributed by atoms with Gasteiger partial charge in [-0.25, -0.2) is 0 Å². The van der Waals surface area contributed by atoms with Crippen molar-refractivity contribution < 1.29 is 29.3 Å². The molecule has 0 spiro atoms. The van der Waals surface area contributed by atoms with Crippen molar-refractivity contribution >= 4 is 23.2 Å². The SMILES string of the molecule is C[C@@H]([C@H](O)c1ccccc1)N(C)C[C@H]1C[C@@H](c2ccc(CO)cc2)O[C@@H](c2ccc(CNC(=O)CCCCCC(=O)Nc3ccccc3N)cc2)O1. The molecule has 2 amide bonds. The van der Waals surface area contributed by atoms with Gasteiger partial charge in [-0.2, -0.15) is 0 Å². The second-order valence-corrected chi connectivity index (χ2v) is 13.6. The fourth-order valence-electron chi connectivity index (χ4n) is 6.34. The number of likely N-dealkylation sites (N-methyl/N-ethyl adjacent to an activating group) is 1. The van der Waals surface area contributed by atoms with Crippen LogP contribution in [0.5, 0.6) is 0 Å². The molecule has 0 aromatic heterocycles. The summed E-state index contributed by atoms with van der Waals surface area (Å²) in [5.41, 5.74) is 11.6. The van der Waals surface area contributed by atoms with Crippen LogP contribution in [0.1, 0.15) is 91.8 Å². The lowest BCUT2D eigenvalue weighted by molar-refractivity contribution is -0.253. The molecule has 276 valence electrons. The number of nitrogen functional groups attached to an aromatic ring is 1. The fourth-order valence-corrected chi connectivity index (χ4v) is 6.34. The van der Waals surface area contributed by atoms with Gasteiger partial charge >= 0.3 is 0 Å². The van der Waals surface area contributed by atoms with Crippen molar-refractivity contribution in [3.63, 3.8) is 0 Å². The molecule has 1 fully saturated rings. The van der Waals surface area contributed by atoms with E-state index in [4.69, 9.17) is 15.2 Å². The lowest BCUT2D eigenvalue weighted by Gasteiger charge is -2.39. The number of anilines is 2. The molecule has 10 nitrogen and oxygen atoms in total. The van der Waals surface area contributed by atoms with Gasteiger partial charge in [-0.05, 0) is 61.2 Å². The molecule has 0 saturated carbocycles. The number of amides is 2. The van der Waals surface area contributed by atoms with E-state index in [1.165, 1.54) is 0 Å². The molecule has 10 heteroatoms. The third kappa shape index (κ3) is 11.2. The van der Waals surface area contributed by atoms with Crippen molar-refractivity contribution in [1.29, 1.82) is 0 Å². The van der Waals surface area contributed by atoms with Crippen LogP contribution in [0.4, 0.5) is 11.4 Å². The summed E-state index contributed by atoms with van der Waals surface area (Å²) in [5, 5.41) is 26.4. The zero-order valence-corrected chi connectivity index (χ0v) is 30.1. The number of aliphatic hydroxyl groups is 2. The first-order valence-electron chi connectivity index (χ1n) is 18.1. The summed E-state index contributed by atoms with van der Waals surface area (Å²) in [6.07, 6.45) is 1.92. The van der Waals surface area contributed by atoms with Crippen LogP contribution >= 0.6 is 0 Å². The van der Waals surface area contributed by atoms with Crippen molar-refractivity contribution in [2.24, 2.45) is 0 Å². The minimum absolute atomic E-state index is 0.0222. The van der Waals surface area contributed by atoms with Gasteiger partial charge in [0.05, 0.1) is 36.3 Å². The number of nitrogens with zero attached hydrogens (tertiary/aromatic N) is 1. The first-order chi connectivity index (χ1) is 25.2. The fraction of sp³-hybridized carbons (Fsp3) is 0.381. The largest absolute Gasteiger partial charge is 0.397 e. The number of carbonyl (C=O) groups is 2. The van der Waals surface area contributed by atoms with Gasteiger partial charge in [0, 0.05) is 44.0 Å². The lowest BCUT2D eigenvalue weighted by atomic mass is 9.98. The van der Waals surface area contributed by atoms with E-state index in [0.717, 1.165) is 34.2 Å². The Bertz CT molecular complexity index is 1700. The van der Waals surface area contributed by atoms with Gasteiger partial charge in [0.1, 0.15) is 0 Å². The minimum Gasteiger partial charge on any atom is -0.397 e. The topological polar surface area (TPSA) is 146 Å². The van der Waals surface area contributed by atoms with E-state index < -0.39 is 12.4 Å². The third-order valence-electron chi connectivity index (χ3n) is 9.68. The molecule has 4 aromatic rings. The number of aliphatic hydroxyl groups excluding tert-OH is 2. The van der Waals surface area contributed by atoms with E-state index in [0.29, 0.717) is 56.6 Å². The van der Waals surface area contributed by atoms with Crippen molar-refractivity contribution in [3.05, 3.63) is 131 Å². The Morgan fingerprint density at radius 2 is 1.46 bits per heavy atom. The number of rotatable bonds is 17. The molecular weight excluding hydrogens is 656 g/mol.